The maximum atomic E-state index is 15.4. The van der Waals surface area contributed by atoms with Gasteiger partial charge in [0.15, 0.2) is 11.6 Å². The summed E-state index contributed by atoms with van der Waals surface area (Å²) in [4.78, 5) is 40.7. The Morgan fingerprint density at radius 1 is 1.02 bits per heavy atom. The fraction of sp³-hybridized carbons (Fsp3) is 0.306. The minimum atomic E-state index is -3.96. The number of nitrogens with zero attached hydrogens (tertiary/aromatic N) is 8. The van der Waals surface area contributed by atoms with Crippen molar-refractivity contribution in [2.45, 2.75) is 50.1 Å². The first-order chi connectivity index (χ1) is 28.2. The lowest BCUT2D eigenvalue weighted by atomic mass is 10.0. The van der Waals surface area contributed by atoms with Crippen LogP contribution in [0.2, 0.25) is 5.02 Å². The van der Waals surface area contributed by atoms with E-state index in [9.17, 15) is 44.3 Å². The van der Waals surface area contributed by atoms with Crippen LogP contribution in [0.3, 0.4) is 0 Å². The second kappa shape index (κ2) is 14.6. The largest absolute Gasteiger partial charge is 0.344 e. The van der Waals surface area contributed by atoms with E-state index in [1.54, 1.807) is 0 Å². The van der Waals surface area contributed by atoms with Crippen molar-refractivity contribution in [3.8, 4) is 17.2 Å². The first-order valence-corrected chi connectivity index (χ1v) is 19.9. The Morgan fingerprint density at radius 3 is 2.40 bits per heavy atom. The number of sulfonamides is 1. The van der Waals surface area contributed by atoms with Gasteiger partial charge in [0.1, 0.15) is 46.8 Å². The molecule has 60 heavy (non-hydrogen) atoms. The maximum absolute atomic E-state index is 15.4. The predicted octanol–water partition coefficient (Wildman–Crippen LogP) is 6.26. The van der Waals surface area contributed by atoms with Gasteiger partial charge in [-0.15, -0.1) is 0 Å². The van der Waals surface area contributed by atoms with Crippen LogP contribution in [0.15, 0.2) is 53.5 Å². The molecule has 1 unspecified atom stereocenters. The molecule has 0 saturated heterocycles. The summed E-state index contributed by atoms with van der Waals surface area (Å²) in [6.45, 7) is -1.07. The summed E-state index contributed by atoms with van der Waals surface area (Å²) in [5.74, 6) is -10.3. The molecule has 314 valence electrons. The maximum Gasteiger partial charge on any atom is 0.293 e. The number of fused-ring (bicyclic) bond motifs is 4. The average molecular weight is 883 g/mol. The molecule has 2 aromatic carbocycles. The van der Waals surface area contributed by atoms with E-state index in [0.29, 0.717) is 10.7 Å². The lowest BCUT2D eigenvalue weighted by Crippen LogP contribution is -2.38. The highest BCUT2D eigenvalue weighted by Crippen LogP contribution is 2.68. The number of rotatable bonds is 12. The lowest BCUT2D eigenvalue weighted by molar-refractivity contribution is -0.123. The summed E-state index contributed by atoms with van der Waals surface area (Å²) in [5.41, 5.74) is -4.57. The molecular weight excluding hydrogens is 856 g/mol. The number of carbonyl (C=O) groups excluding carboxylic acids is 1. The van der Waals surface area contributed by atoms with Gasteiger partial charge in [-0.1, -0.05) is 11.6 Å². The van der Waals surface area contributed by atoms with Crippen molar-refractivity contribution in [3.05, 3.63) is 110 Å². The van der Waals surface area contributed by atoms with Gasteiger partial charge in [-0.05, 0) is 48.2 Å². The summed E-state index contributed by atoms with van der Waals surface area (Å²) in [6, 6.07) is 4.96. The minimum Gasteiger partial charge on any atom is -0.344 e. The van der Waals surface area contributed by atoms with Crippen molar-refractivity contribution in [1.82, 2.24) is 44.4 Å². The molecule has 0 aliphatic heterocycles. The van der Waals surface area contributed by atoms with Gasteiger partial charge in [0.25, 0.3) is 24.3 Å². The number of amides is 1. The van der Waals surface area contributed by atoms with E-state index in [2.05, 4.69) is 35.2 Å². The fourth-order valence-electron chi connectivity index (χ4n) is 7.62. The number of nitrogens with one attached hydrogen (secondary N) is 2. The van der Waals surface area contributed by atoms with Crippen LogP contribution >= 0.6 is 11.6 Å². The molecule has 1 fully saturated rings. The third-order valence-electron chi connectivity index (χ3n) is 9.98. The molecule has 14 nitrogen and oxygen atoms in total. The Kier molecular flexibility index (Phi) is 9.95. The van der Waals surface area contributed by atoms with E-state index in [-0.39, 0.29) is 45.0 Å². The van der Waals surface area contributed by atoms with Crippen LogP contribution in [0.4, 0.5) is 40.9 Å². The Morgan fingerprint density at radius 2 is 1.73 bits per heavy atom. The molecule has 4 aromatic heterocycles. The van der Waals surface area contributed by atoms with Crippen molar-refractivity contribution < 1.29 is 48.3 Å². The van der Waals surface area contributed by atoms with E-state index in [1.165, 1.54) is 19.2 Å². The average Bonchev–Trinajstić information content (AvgIpc) is 3.69. The Hall–Kier alpha value is -5.97. The van der Waals surface area contributed by atoms with Gasteiger partial charge in [-0.25, -0.2) is 49.7 Å². The van der Waals surface area contributed by atoms with Gasteiger partial charge in [-0.2, -0.15) is 19.0 Å². The first-order valence-electron chi connectivity index (χ1n) is 17.6. The van der Waals surface area contributed by atoms with E-state index in [0.717, 1.165) is 46.0 Å². The number of aromatic nitrogens is 8. The van der Waals surface area contributed by atoms with Crippen molar-refractivity contribution in [2.24, 2.45) is 13.0 Å². The number of benzene rings is 2. The fourth-order valence-corrected chi connectivity index (χ4v) is 8.35. The summed E-state index contributed by atoms with van der Waals surface area (Å²) in [6.07, 6.45) is -5.17. The highest BCUT2D eigenvalue weighted by atomic mass is 35.5. The first kappa shape index (κ1) is 40.8. The SMILES string of the molecule is Cn1nc(NS(C)(=O)=O)c2c(Cl)ccc(-n3c([C@H](Cc4cc(F)cc(F)c4)NC(=O)Cn4nc(C(F)F)c5c4C(F)(F)C4C[C@H]54)nc(-c4nccc(C(F)F)n4)cc3=O)c21. The third kappa shape index (κ3) is 7.32. The van der Waals surface area contributed by atoms with Crippen LogP contribution in [-0.4, -0.2) is 59.7 Å². The summed E-state index contributed by atoms with van der Waals surface area (Å²) in [7, 11) is -2.59. The second-order valence-corrected chi connectivity index (χ2v) is 16.4. The molecule has 4 heterocycles. The van der Waals surface area contributed by atoms with E-state index in [1.807, 2.05) is 0 Å². The van der Waals surface area contributed by atoms with Crippen molar-refractivity contribution in [2.75, 3.05) is 11.0 Å². The Bertz CT molecular complexity index is 2900. The van der Waals surface area contributed by atoms with Crippen LogP contribution in [0.1, 0.15) is 65.3 Å². The van der Waals surface area contributed by atoms with Crippen molar-refractivity contribution in [3.63, 3.8) is 0 Å². The molecule has 0 spiro atoms. The molecule has 0 radical (unpaired) electrons. The van der Waals surface area contributed by atoms with Gasteiger partial charge in [-0.3, -0.25) is 28.2 Å². The van der Waals surface area contributed by atoms with Gasteiger partial charge in [0, 0.05) is 43.3 Å². The lowest BCUT2D eigenvalue weighted by Gasteiger charge is -2.24. The molecule has 3 atom stereocenters. The summed E-state index contributed by atoms with van der Waals surface area (Å²) >= 11 is 6.52. The van der Waals surface area contributed by atoms with Crippen LogP contribution in [0.5, 0.6) is 0 Å². The Balaban J connectivity index is 1.33. The molecule has 2 aliphatic rings. The van der Waals surface area contributed by atoms with Crippen LogP contribution in [-0.2, 0) is 40.8 Å². The summed E-state index contributed by atoms with van der Waals surface area (Å²) < 4.78 is 145. The van der Waals surface area contributed by atoms with Crippen LogP contribution < -0.4 is 15.6 Å². The molecule has 1 amide bonds. The highest BCUT2D eigenvalue weighted by molar-refractivity contribution is 7.92. The zero-order valence-corrected chi connectivity index (χ0v) is 32.2. The monoisotopic (exact) mass is 882 g/mol. The molecule has 2 aliphatic carbocycles. The number of halogens is 9. The second-order valence-electron chi connectivity index (χ2n) is 14.2. The molecule has 24 heteroatoms. The van der Waals surface area contributed by atoms with Crippen molar-refractivity contribution >= 4 is 44.3 Å². The van der Waals surface area contributed by atoms with Gasteiger partial charge in [0.05, 0.1) is 33.9 Å². The van der Waals surface area contributed by atoms with Gasteiger partial charge >= 0.3 is 0 Å². The minimum absolute atomic E-state index is 0.00296. The number of carbonyl (C=O) groups is 1. The number of alkyl halides is 6. The van der Waals surface area contributed by atoms with Crippen LogP contribution in [0, 0.1) is 17.6 Å². The molecular formula is C36H27ClF8N10O4S. The van der Waals surface area contributed by atoms with E-state index < -0.39 is 117 Å². The number of hydrogen-bond donors (Lipinski definition) is 2. The Labute approximate surface area is 337 Å². The molecule has 1 saturated carbocycles. The third-order valence-corrected chi connectivity index (χ3v) is 10.9. The van der Waals surface area contributed by atoms with Gasteiger partial charge in [0.2, 0.25) is 15.9 Å². The van der Waals surface area contributed by atoms with E-state index >= 15 is 8.78 Å². The highest BCUT2D eigenvalue weighted by Gasteiger charge is 2.67. The zero-order valence-electron chi connectivity index (χ0n) is 30.6. The number of aryl methyl sites for hydroxylation is 1. The quantitative estimate of drug-likeness (QED) is 0.135. The smallest absolute Gasteiger partial charge is 0.293 e. The standard InChI is InChI=1S/C36H27ClF8N10O4S/c1-53-29-23(4-3-19(37)27(29)34(51-53)52-60(2,58)59)55-25(57)12-21(33-46-6-5-20(48-33)31(40)41)49-35(55)22(9-14-7-15(38)10-16(39)8-14)47-24(56)13-54-30-26(28(50-54)32(42)43)17-11-18(17)36(30,44)45/h3-8,10,12,17-18,22,31-32H,9,11,13H2,1-2H3,(H,47,56)(H,51,52)/t17-,18?,22-/m0/s1. The summed E-state index contributed by atoms with van der Waals surface area (Å²) in [5, 5.41) is 10.3. The predicted molar refractivity (Wildman–Crippen MR) is 196 cm³/mol. The van der Waals surface area contributed by atoms with Crippen LogP contribution in [0.25, 0.3) is 28.1 Å². The number of anilines is 1. The molecule has 8 rings (SSSR count). The molecule has 6 aromatic rings. The zero-order chi connectivity index (χ0) is 43.2. The topological polar surface area (TPSA) is 172 Å². The van der Waals surface area contributed by atoms with E-state index in [4.69, 9.17) is 11.6 Å². The molecule has 0 bridgehead atoms. The van der Waals surface area contributed by atoms with Crippen molar-refractivity contribution in [1.29, 1.82) is 0 Å². The van der Waals surface area contributed by atoms with Gasteiger partial charge < -0.3 is 5.32 Å². The number of hydrogen-bond acceptors (Lipinski definition) is 9. The molecule has 2 N–H and O–H groups in total. The normalized spacial score (nSPS) is 17.3.